The molecule has 0 saturated heterocycles. The third-order valence-electron chi connectivity index (χ3n) is 5.21. The van der Waals surface area contributed by atoms with Gasteiger partial charge < -0.3 is 20.4 Å². The van der Waals surface area contributed by atoms with Gasteiger partial charge in [0.2, 0.25) is 5.91 Å². The fraction of sp³-hybridized carbons (Fsp3) is 0.619. The molecule has 1 aromatic carbocycles. The molecule has 2 N–H and O–H groups in total. The SMILES string of the molecule is CCNC(=NCc1cccc(N(C)C)c1)NCC1(C(=O)N(C)C)CCCC1.I. The molecule has 0 radical (unpaired) electrons. The van der Waals surface area contributed by atoms with Crippen LogP contribution in [0.15, 0.2) is 29.3 Å². The van der Waals surface area contributed by atoms with E-state index in [2.05, 4.69) is 46.7 Å². The number of anilines is 1. The lowest BCUT2D eigenvalue weighted by atomic mass is 9.84. The number of carbonyl (C=O) groups excluding carboxylic acids is 1. The van der Waals surface area contributed by atoms with Gasteiger partial charge in [-0.15, -0.1) is 24.0 Å². The smallest absolute Gasteiger partial charge is 0.230 e. The number of amides is 1. The van der Waals surface area contributed by atoms with Gasteiger partial charge in [0.1, 0.15) is 0 Å². The summed E-state index contributed by atoms with van der Waals surface area (Å²) in [6.07, 6.45) is 4.13. The summed E-state index contributed by atoms with van der Waals surface area (Å²) >= 11 is 0. The molecule has 0 bridgehead atoms. The van der Waals surface area contributed by atoms with E-state index in [0.29, 0.717) is 13.1 Å². The molecular weight excluding hydrogens is 465 g/mol. The number of halogens is 1. The van der Waals surface area contributed by atoms with E-state index in [1.54, 1.807) is 4.90 Å². The summed E-state index contributed by atoms with van der Waals surface area (Å²) in [7, 11) is 7.77. The third-order valence-corrected chi connectivity index (χ3v) is 5.21. The van der Waals surface area contributed by atoms with Crippen LogP contribution in [0.1, 0.15) is 38.2 Å². The number of hydrogen-bond acceptors (Lipinski definition) is 3. The Morgan fingerprint density at radius 3 is 2.39 bits per heavy atom. The first kappa shape index (κ1) is 24.5. The number of nitrogens with zero attached hydrogens (tertiary/aromatic N) is 3. The molecule has 158 valence electrons. The minimum Gasteiger partial charge on any atom is -0.378 e. The summed E-state index contributed by atoms with van der Waals surface area (Å²) in [5.41, 5.74) is 2.03. The lowest BCUT2D eigenvalue weighted by molar-refractivity contribution is -0.138. The van der Waals surface area contributed by atoms with Gasteiger partial charge in [0.25, 0.3) is 0 Å². The summed E-state index contributed by atoms with van der Waals surface area (Å²) in [5.74, 6) is 0.993. The molecule has 1 amide bonds. The molecule has 1 aliphatic rings. The van der Waals surface area contributed by atoms with E-state index >= 15 is 0 Å². The number of hydrogen-bond donors (Lipinski definition) is 2. The Balaban J connectivity index is 0.00000392. The van der Waals surface area contributed by atoms with Crippen LogP contribution in [0, 0.1) is 5.41 Å². The fourth-order valence-electron chi connectivity index (χ4n) is 3.69. The van der Waals surface area contributed by atoms with Gasteiger partial charge in [-0.2, -0.15) is 0 Å². The zero-order chi connectivity index (χ0) is 19.9. The molecule has 0 unspecified atom stereocenters. The quantitative estimate of drug-likeness (QED) is 0.343. The molecule has 6 nitrogen and oxygen atoms in total. The van der Waals surface area contributed by atoms with Gasteiger partial charge in [-0.05, 0) is 37.5 Å². The summed E-state index contributed by atoms with van der Waals surface area (Å²) in [4.78, 5) is 21.3. The van der Waals surface area contributed by atoms with Crippen molar-refractivity contribution >= 4 is 41.5 Å². The van der Waals surface area contributed by atoms with Crippen molar-refractivity contribution in [1.82, 2.24) is 15.5 Å². The Morgan fingerprint density at radius 2 is 1.82 bits per heavy atom. The Bertz CT molecular complexity index is 654. The van der Waals surface area contributed by atoms with E-state index in [1.807, 2.05) is 28.2 Å². The van der Waals surface area contributed by atoms with E-state index in [9.17, 15) is 4.79 Å². The largest absolute Gasteiger partial charge is 0.378 e. The van der Waals surface area contributed by atoms with E-state index in [-0.39, 0.29) is 35.3 Å². The van der Waals surface area contributed by atoms with Gasteiger partial charge in [0, 0.05) is 47.0 Å². The predicted molar refractivity (Wildman–Crippen MR) is 129 cm³/mol. The summed E-state index contributed by atoms with van der Waals surface area (Å²) in [6, 6.07) is 8.40. The molecule has 1 aromatic rings. The zero-order valence-corrected chi connectivity index (χ0v) is 20.2. The van der Waals surface area contributed by atoms with Gasteiger partial charge >= 0.3 is 0 Å². The highest BCUT2D eigenvalue weighted by Crippen LogP contribution is 2.38. The Morgan fingerprint density at radius 1 is 1.14 bits per heavy atom. The van der Waals surface area contributed by atoms with Gasteiger partial charge in [-0.3, -0.25) is 4.79 Å². The summed E-state index contributed by atoms with van der Waals surface area (Å²) < 4.78 is 0. The first-order chi connectivity index (χ1) is 12.9. The maximum absolute atomic E-state index is 12.7. The molecule has 28 heavy (non-hydrogen) atoms. The molecule has 1 fully saturated rings. The predicted octanol–water partition coefficient (Wildman–Crippen LogP) is 3.07. The molecule has 1 saturated carbocycles. The van der Waals surface area contributed by atoms with E-state index in [0.717, 1.165) is 38.2 Å². The van der Waals surface area contributed by atoms with Crippen molar-refractivity contribution in [3.05, 3.63) is 29.8 Å². The highest BCUT2D eigenvalue weighted by Gasteiger charge is 2.42. The van der Waals surface area contributed by atoms with Crippen molar-refractivity contribution in [2.75, 3.05) is 46.2 Å². The summed E-state index contributed by atoms with van der Waals surface area (Å²) in [5, 5.41) is 6.73. The Hall–Kier alpha value is -1.51. The monoisotopic (exact) mass is 501 g/mol. The van der Waals surface area contributed by atoms with Crippen LogP contribution in [-0.4, -0.2) is 58.0 Å². The number of benzene rings is 1. The number of nitrogens with one attached hydrogen (secondary N) is 2. The summed E-state index contributed by atoms with van der Waals surface area (Å²) in [6.45, 7) is 4.08. The van der Waals surface area contributed by atoms with E-state index in [4.69, 9.17) is 4.99 Å². The highest BCUT2D eigenvalue weighted by molar-refractivity contribution is 14.0. The normalized spacial score (nSPS) is 15.5. The van der Waals surface area contributed by atoms with Gasteiger partial charge in [-0.25, -0.2) is 4.99 Å². The average Bonchev–Trinajstić information content (AvgIpc) is 3.13. The molecular formula is C21H36IN5O. The molecule has 0 aliphatic heterocycles. The minimum absolute atomic E-state index is 0. The topological polar surface area (TPSA) is 60.0 Å². The second-order valence-electron chi connectivity index (χ2n) is 7.80. The number of aliphatic imine (C=N–C) groups is 1. The van der Waals surface area contributed by atoms with Crippen LogP contribution in [-0.2, 0) is 11.3 Å². The van der Waals surface area contributed by atoms with Crippen LogP contribution in [0.3, 0.4) is 0 Å². The van der Waals surface area contributed by atoms with Gasteiger partial charge in [0.05, 0.1) is 12.0 Å². The maximum Gasteiger partial charge on any atom is 0.230 e. The van der Waals surface area contributed by atoms with Crippen LogP contribution in [0.4, 0.5) is 5.69 Å². The van der Waals surface area contributed by atoms with Crippen molar-refractivity contribution in [3.8, 4) is 0 Å². The van der Waals surface area contributed by atoms with E-state index < -0.39 is 0 Å². The molecule has 1 aliphatic carbocycles. The highest BCUT2D eigenvalue weighted by atomic mass is 127. The Kier molecular flexibility index (Phi) is 10.1. The van der Waals surface area contributed by atoms with Crippen LogP contribution < -0.4 is 15.5 Å². The first-order valence-electron chi connectivity index (χ1n) is 9.88. The van der Waals surface area contributed by atoms with Crippen molar-refractivity contribution in [2.24, 2.45) is 10.4 Å². The standard InChI is InChI=1S/C21H35N5O.HI/c1-6-22-20(23-15-17-10-9-11-18(14-17)25(2)3)24-16-21(12-7-8-13-21)19(27)26(4)5;/h9-11,14H,6-8,12-13,15-16H2,1-5H3,(H2,22,23,24);1H. The van der Waals surface area contributed by atoms with Crippen LogP contribution >= 0.6 is 24.0 Å². The fourth-order valence-corrected chi connectivity index (χ4v) is 3.69. The lowest BCUT2D eigenvalue weighted by Gasteiger charge is -2.31. The van der Waals surface area contributed by atoms with Gasteiger partial charge in [-0.1, -0.05) is 25.0 Å². The first-order valence-corrected chi connectivity index (χ1v) is 9.88. The molecule has 2 rings (SSSR count). The minimum atomic E-state index is -0.301. The number of rotatable bonds is 7. The lowest BCUT2D eigenvalue weighted by Crippen LogP contribution is -2.49. The maximum atomic E-state index is 12.7. The third kappa shape index (κ3) is 6.53. The number of carbonyl (C=O) groups is 1. The van der Waals surface area contributed by atoms with Crippen LogP contribution in [0.5, 0.6) is 0 Å². The Labute approximate surface area is 187 Å². The van der Waals surface area contributed by atoms with Crippen LogP contribution in [0.2, 0.25) is 0 Å². The van der Waals surface area contributed by atoms with Crippen molar-refractivity contribution in [1.29, 1.82) is 0 Å². The van der Waals surface area contributed by atoms with Crippen molar-refractivity contribution in [2.45, 2.75) is 39.2 Å². The molecule has 0 atom stereocenters. The number of guanidine groups is 1. The second kappa shape index (κ2) is 11.5. The second-order valence-corrected chi connectivity index (χ2v) is 7.80. The molecule has 0 spiro atoms. The zero-order valence-electron chi connectivity index (χ0n) is 17.9. The van der Waals surface area contributed by atoms with Crippen molar-refractivity contribution in [3.63, 3.8) is 0 Å². The van der Waals surface area contributed by atoms with E-state index in [1.165, 1.54) is 11.3 Å². The molecule has 0 aromatic heterocycles. The van der Waals surface area contributed by atoms with Gasteiger partial charge in [0.15, 0.2) is 5.96 Å². The molecule has 0 heterocycles. The van der Waals surface area contributed by atoms with Crippen molar-refractivity contribution < 1.29 is 4.79 Å². The van der Waals surface area contributed by atoms with Crippen LogP contribution in [0.25, 0.3) is 0 Å². The molecule has 7 heteroatoms. The average molecular weight is 501 g/mol.